The lowest BCUT2D eigenvalue weighted by molar-refractivity contribution is 0.102. The van der Waals surface area contributed by atoms with Gasteiger partial charge in [-0.2, -0.15) is 0 Å². The average Bonchev–Trinajstić information content (AvgIpc) is 2.68. The van der Waals surface area contributed by atoms with Crippen molar-refractivity contribution in [3.05, 3.63) is 96.1 Å². The van der Waals surface area contributed by atoms with Crippen LogP contribution >= 0.6 is 0 Å². The highest BCUT2D eigenvalue weighted by molar-refractivity contribution is 8.07. The van der Waals surface area contributed by atoms with Crippen LogP contribution in [0.3, 0.4) is 0 Å². The Morgan fingerprint density at radius 1 is 0.846 bits per heavy atom. The molecular weight excluding hydrogens is 344 g/mol. The molecule has 1 atom stereocenters. The van der Waals surface area contributed by atoms with E-state index < -0.39 is 9.93 Å². The third kappa shape index (κ3) is 4.27. The number of phenolic OH excluding ortho intramolecular Hbond substituents is 1. The van der Waals surface area contributed by atoms with E-state index in [9.17, 15) is 14.1 Å². The van der Waals surface area contributed by atoms with Crippen molar-refractivity contribution >= 4 is 15.7 Å². The quantitative estimate of drug-likeness (QED) is 0.432. The Kier molecular flexibility index (Phi) is 5.31. The monoisotopic (exact) mass is 361 g/mol. The normalized spacial score (nSPS) is 12.5. The SMILES string of the molecule is O=C(C[S+](=O)(C#Cc1ccccc1)c1ccccc1)c1ccc(O)cc1. The van der Waals surface area contributed by atoms with E-state index in [1.807, 2.05) is 36.4 Å². The van der Waals surface area contributed by atoms with Crippen LogP contribution in [0.2, 0.25) is 0 Å². The third-order valence-corrected chi connectivity index (χ3v) is 5.92. The molecular formula is C22H17O3S+. The van der Waals surface area contributed by atoms with Gasteiger partial charge in [-0.15, -0.1) is 0 Å². The zero-order valence-electron chi connectivity index (χ0n) is 14.0. The van der Waals surface area contributed by atoms with Gasteiger partial charge in [0.1, 0.15) is 5.75 Å². The van der Waals surface area contributed by atoms with Crippen molar-refractivity contribution < 1.29 is 14.1 Å². The molecule has 0 aromatic heterocycles. The molecule has 0 heterocycles. The number of phenols is 1. The van der Waals surface area contributed by atoms with Crippen LogP contribution in [0.4, 0.5) is 0 Å². The fourth-order valence-electron chi connectivity index (χ4n) is 2.40. The van der Waals surface area contributed by atoms with Crippen molar-refractivity contribution in [3.63, 3.8) is 0 Å². The molecule has 26 heavy (non-hydrogen) atoms. The molecule has 0 aliphatic carbocycles. The van der Waals surface area contributed by atoms with Crippen LogP contribution in [0.5, 0.6) is 5.75 Å². The molecule has 0 fully saturated rings. The highest BCUT2D eigenvalue weighted by Gasteiger charge is 2.33. The topological polar surface area (TPSA) is 54.4 Å². The number of rotatable bonds is 4. The lowest BCUT2D eigenvalue weighted by Crippen LogP contribution is -2.21. The largest absolute Gasteiger partial charge is 0.508 e. The predicted molar refractivity (Wildman–Crippen MR) is 103 cm³/mol. The smallest absolute Gasteiger partial charge is 0.213 e. The van der Waals surface area contributed by atoms with Gasteiger partial charge < -0.3 is 5.11 Å². The predicted octanol–water partition coefficient (Wildman–Crippen LogP) is 4.14. The van der Waals surface area contributed by atoms with Crippen molar-refractivity contribution in [3.8, 4) is 16.9 Å². The fraction of sp³-hybridized carbons (Fsp3) is 0.0455. The summed E-state index contributed by atoms with van der Waals surface area (Å²) in [7, 11) is -2.90. The molecule has 0 saturated heterocycles. The van der Waals surface area contributed by atoms with Gasteiger partial charge in [0.2, 0.25) is 15.7 Å². The second kappa shape index (κ2) is 7.81. The van der Waals surface area contributed by atoms with Crippen molar-refractivity contribution in [2.75, 3.05) is 5.75 Å². The van der Waals surface area contributed by atoms with E-state index in [1.165, 1.54) is 24.3 Å². The van der Waals surface area contributed by atoms with E-state index in [4.69, 9.17) is 0 Å². The Morgan fingerprint density at radius 2 is 1.42 bits per heavy atom. The summed E-state index contributed by atoms with van der Waals surface area (Å²) < 4.78 is 13.6. The molecule has 4 heteroatoms. The average molecular weight is 361 g/mol. The maximum Gasteiger partial charge on any atom is 0.213 e. The number of benzene rings is 3. The van der Waals surface area contributed by atoms with Crippen LogP contribution in [-0.2, 0) is 14.1 Å². The summed E-state index contributed by atoms with van der Waals surface area (Å²) in [5.74, 6) is 2.53. The molecule has 0 spiro atoms. The second-order valence-corrected chi connectivity index (χ2v) is 8.01. The Morgan fingerprint density at radius 3 is 2.04 bits per heavy atom. The summed E-state index contributed by atoms with van der Waals surface area (Å²) >= 11 is 0. The first-order chi connectivity index (χ1) is 12.6. The zero-order valence-corrected chi connectivity index (χ0v) is 14.8. The summed E-state index contributed by atoms with van der Waals surface area (Å²) in [5.41, 5.74) is 1.14. The maximum atomic E-state index is 13.6. The molecule has 0 bridgehead atoms. The van der Waals surface area contributed by atoms with Crippen LogP contribution in [0.15, 0.2) is 89.8 Å². The van der Waals surface area contributed by atoms with Crippen molar-refractivity contribution in [2.45, 2.75) is 4.90 Å². The Hall–Kier alpha value is -3.16. The van der Waals surface area contributed by atoms with Gasteiger partial charge in [0.05, 0.1) is 0 Å². The van der Waals surface area contributed by atoms with Crippen molar-refractivity contribution in [1.29, 1.82) is 0 Å². The lowest BCUT2D eigenvalue weighted by atomic mass is 10.1. The highest BCUT2D eigenvalue weighted by Crippen LogP contribution is 2.21. The summed E-state index contributed by atoms with van der Waals surface area (Å²) in [4.78, 5) is 13.2. The highest BCUT2D eigenvalue weighted by atomic mass is 32.2. The van der Waals surface area contributed by atoms with Gasteiger partial charge in [0.25, 0.3) is 0 Å². The molecule has 3 nitrogen and oxygen atoms in total. The van der Waals surface area contributed by atoms with E-state index in [0.29, 0.717) is 10.5 Å². The standard InChI is InChI=1S/C22H16O3S/c23-20-13-11-19(12-14-20)22(24)17-26(25,21-9-5-2-6-10-21)16-15-18-7-3-1-4-8-18/h1-14H,17H2/p+1. The summed E-state index contributed by atoms with van der Waals surface area (Å²) in [6.07, 6.45) is 0. The van der Waals surface area contributed by atoms with E-state index in [0.717, 1.165) is 5.56 Å². The van der Waals surface area contributed by atoms with E-state index in [-0.39, 0.29) is 17.3 Å². The number of carbonyl (C=O) groups excluding carboxylic acids is 1. The van der Waals surface area contributed by atoms with Crippen LogP contribution in [0, 0.1) is 11.2 Å². The van der Waals surface area contributed by atoms with E-state index in [2.05, 4.69) is 11.2 Å². The molecule has 0 amide bonds. The number of hydrogen-bond donors (Lipinski definition) is 1. The number of ketones is 1. The minimum atomic E-state index is -2.90. The van der Waals surface area contributed by atoms with Gasteiger partial charge in [0, 0.05) is 11.1 Å². The van der Waals surface area contributed by atoms with Gasteiger partial charge in [0.15, 0.2) is 15.9 Å². The third-order valence-electron chi connectivity index (χ3n) is 3.78. The number of hydrogen-bond acceptors (Lipinski definition) is 3. The van der Waals surface area contributed by atoms with Crippen LogP contribution in [0.25, 0.3) is 0 Å². The Balaban J connectivity index is 1.96. The minimum absolute atomic E-state index is 0.0780. The molecule has 3 rings (SSSR count). The first-order valence-corrected chi connectivity index (χ1v) is 9.76. The van der Waals surface area contributed by atoms with Gasteiger partial charge in [-0.25, -0.2) is 0 Å². The molecule has 128 valence electrons. The molecule has 0 radical (unpaired) electrons. The molecule has 0 saturated carbocycles. The first-order valence-electron chi connectivity index (χ1n) is 8.04. The lowest BCUT2D eigenvalue weighted by Gasteiger charge is -2.05. The van der Waals surface area contributed by atoms with E-state index in [1.54, 1.807) is 24.3 Å². The van der Waals surface area contributed by atoms with Crippen molar-refractivity contribution in [2.24, 2.45) is 0 Å². The van der Waals surface area contributed by atoms with Gasteiger partial charge in [-0.05, 0) is 54.5 Å². The number of aromatic hydroxyl groups is 1. The molecule has 1 unspecified atom stereocenters. The molecule has 3 aromatic carbocycles. The summed E-state index contributed by atoms with van der Waals surface area (Å²) in [6, 6.07) is 24.0. The van der Waals surface area contributed by atoms with Gasteiger partial charge in [-0.1, -0.05) is 40.6 Å². The van der Waals surface area contributed by atoms with Crippen molar-refractivity contribution in [1.82, 2.24) is 0 Å². The zero-order chi connectivity index (χ0) is 18.4. The summed E-state index contributed by atoms with van der Waals surface area (Å²) in [6.45, 7) is 0. The first kappa shape index (κ1) is 17.7. The van der Waals surface area contributed by atoms with Gasteiger partial charge in [-0.3, -0.25) is 4.79 Å². The molecule has 0 aliphatic rings. The van der Waals surface area contributed by atoms with Crippen LogP contribution in [-0.4, -0.2) is 16.6 Å². The second-order valence-electron chi connectivity index (χ2n) is 5.70. The minimum Gasteiger partial charge on any atom is -0.508 e. The van der Waals surface area contributed by atoms with Crippen LogP contribution < -0.4 is 0 Å². The summed E-state index contributed by atoms with van der Waals surface area (Å²) in [5, 5.41) is 12.2. The maximum absolute atomic E-state index is 13.6. The molecule has 3 aromatic rings. The number of Topliss-reactive ketones (excluding diaryl/α,β-unsaturated/α-hetero) is 1. The number of carbonyl (C=O) groups is 1. The van der Waals surface area contributed by atoms with E-state index >= 15 is 0 Å². The van der Waals surface area contributed by atoms with Crippen LogP contribution in [0.1, 0.15) is 15.9 Å². The fourth-order valence-corrected chi connectivity index (χ4v) is 4.17. The molecule has 0 aliphatic heterocycles. The Labute approximate surface area is 153 Å². The van der Waals surface area contributed by atoms with Gasteiger partial charge >= 0.3 is 0 Å². The molecule has 1 N–H and O–H groups in total. The Bertz CT molecular complexity index is 998.